The molecule has 0 atom stereocenters. The second-order valence-corrected chi connectivity index (χ2v) is 7.66. The third-order valence-electron chi connectivity index (χ3n) is 2.82. The van der Waals surface area contributed by atoms with Crippen LogP contribution in [0.1, 0.15) is 60.6 Å². The largest absolute Gasteiger partial charge is 0.481 e. The summed E-state index contributed by atoms with van der Waals surface area (Å²) in [6.07, 6.45) is 2.06. The molecule has 29 heavy (non-hydrogen) atoms. The molecule has 1 aromatic heterocycles. The van der Waals surface area contributed by atoms with E-state index in [2.05, 4.69) is 20.4 Å². The molecule has 1 aromatic rings. The standard InChI is InChI=1S/C8H12N2O.C8H14O3.C2H4O2.CH4N2/c1-8(2,3)6-4-7(11)10-5-9-6;1-8(2,3)6(9)5-7(10)11-4;1-2(3)4;2-1-3/h4-5H,1-3H3,(H,9,10,11);5H2,1-4H3;1H3,(H,3,4);1H,(H3,2,3). The lowest BCUT2D eigenvalue weighted by Crippen LogP contribution is -2.23. The summed E-state index contributed by atoms with van der Waals surface area (Å²) in [6.45, 7) is 12.5. The van der Waals surface area contributed by atoms with Crippen molar-refractivity contribution in [3.63, 3.8) is 0 Å². The molecule has 0 unspecified atom stereocenters. The Morgan fingerprint density at radius 2 is 1.66 bits per heavy atom. The number of ether oxygens (including phenoxy) is 1. The van der Waals surface area contributed by atoms with Crippen LogP contribution in [0.3, 0.4) is 0 Å². The van der Waals surface area contributed by atoms with E-state index in [-0.39, 0.29) is 23.2 Å². The lowest BCUT2D eigenvalue weighted by molar-refractivity contribution is -0.145. The highest BCUT2D eigenvalue weighted by molar-refractivity contribution is 5.98. The molecular weight excluding hydrogens is 380 g/mol. The molecule has 0 aliphatic rings. The van der Waals surface area contributed by atoms with E-state index in [1.165, 1.54) is 19.5 Å². The number of Topliss-reactive ketones (excluding diaryl/α,β-unsaturated/α-hetero) is 1. The third-order valence-corrected chi connectivity index (χ3v) is 2.82. The lowest BCUT2D eigenvalue weighted by Gasteiger charge is -2.15. The molecule has 1 rings (SSSR count). The first-order valence-electron chi connectivity index (χ1n) is 8.58. The number of hydrogen-bond donors (Lipinski definition) is 4. The van der Waals surface area contributed by atoms with Gasteiger partial charge in [-0.2, -0.15) is 0 Å². The van der Waals surface area contributed by atoms with Crippen LogP contribution in [0.25, 0.3) is 0 Å². The summed E-state index contributed by atoms with van der Waals surface area (Å²) in [6, 6.07) is 1.53. The van der Waals surface area contributed by atoms with Gasteiger partial charge in [0.2, 0.25) is 0 Å². The van der Waals surface area contributed by atoms with Gasteiger partial charge >= 0.3 is 5.97 Å². The number of nitrogens with two attached hydrogens (primary N) is 1. The normalized spacial score (nSPS) is 9.79. The Hall–Kier alpha value is -3.04. The number of rotatable bonds is 2. The molecule has 0 aromatic carbocycles. The fourth-order valence-corrected chi connectivity index (χ4v) is 1.25. The average Bonchev–Trinajstić information content (AvgIpc) is 2.54. The zero-order valence-corrected chi connectivity index (χ0v) is 18.5. The van der Waals surface area contributed by atoms with E-state index in [0.29, 0.717) is 0 Å². The summed E-state index contributed by atoms with van der Waals surface area (Å²) >= 11 is 0. The van der Waals surface area contributed by atoms with Gasteiger partial charge in [-0.3, -0.25) is 24.6 Å². The predicted molar refractivity (Wildman–Crippen MR) is 111 cm³/mol. The number of esters is 1. The minimum absolute atomic E-state index is 0.0474. The molecule has 166 valence electrons. The molecule has 0 saturated carbocycles. The quantitative estimate of drug-likeness (QED) is 0.245. The van der Waals surface area contributed by atoms with Crippen molar-refractivity contribution in [2.24, 2.45) is 11.1 Å². The molecule has 0 fully saturated rings. The average molecular weight is 415 g/mol. The maximum atomic E-state index is 11.1. The molecule has 1 heterocycles. The molecule has 0 amide bonds. The molecule has 0 saturated heterocycles. The number of carbonyl (C=O) groups excluding carboxylic acids is 2. The Morgan fingerprint density at radius 3 is 1.90 bits per heavy atom. The van der Waals surface area contributed by atoms with Crippen molar-refractivity contribution in [2.75, 3.05) is 7.11 Å². The van der Waals surface area contributed by atoms with E-state index in [4.69, 9.17) is 15.3 Å². The summed E-state index contributed by atoms with van der Waals surface area (Å²) in [4.78, 5) is 48.1. The van der Waals surface area contributed by atoms with Gasteiger partial charge in [-0.25, -0.2) is 4.98 Å². The van der Waals surface area contributed by atoms with Gasteiger partial charge in [0.05, 0.1) is 25.5 Å². The van der Waals surface area contributed by atoms with Crippen molar-refractivity contribution in [1.29, 1.82) is 5.41 Å². The number of H-pyrrole nitrogens is 1. The van der Waals surface area contributed by atoms with Crippen LogP contribution < -0.4 is 11.3 Å². The molecular formula is C19H34N4O6. The fraction of sp³-hybridized carbons (Fsp3) is 0.579. The zero-order chi connectivity index (χ0) is 23.8. The fourth-order valence-electron chi connectivity index (χ4n) is 1.25. The molecule has 5 N–H and O–H groups in total. The van der Waals surface area contributed by atoms with E-state index < -0.39 is 17.4 Å². The lowest BCUT2D eigenvalue weighted by atomic mass is 9.89. The van der Waals surface area contributed by atoms with Crippen molar-refractivity contribution in [2.45, 2.75) is 60.3 Å². The predicted octanol–water partition coefficient (Wildman–Crippen LogP) is 1.88. The Labute approximate surface area is 171 Å². The molecule has 0 bridgehead atoms. The van der Waals surface area contributed by atoms with Gasteiger partial charge in [0.1, 0.15) is 12.2 Å². The minimum Gasteiger partial charge on any atom is -0.481 e. The summed E-state index contributed by atoms with van der Waals surface area (Å²) in [7, 11) is 1.28. The molecule has 10 heteroatoms. The Bertz CT molecular complexity index is 696. The number of aromatic nitrogens is 2. The highest BCUT2D eigenvalue weighted by atomic mass is 16.5. The van der Waals surface area contributed by atoms with Crippen molar-refractivity contribution >= 4 is 24.1 Å². The third kappa shape index (κ3) is 21.1. The SMILES string of the molecule is CC(=O)O.CC(C)(C)c1cc(=O)[nH]cn1.COC(=O)CC(=O)C(C)(C)C.N=CN. The topological polar surface area (TPSA) is 176 Å². The van der Waals surface area contributed by atoms with Crippen LogP contribution in [-0.4, -0.2) is 46.2 Å². The second-order valence-electron chi connectivity index (χ2n) is 7.66. The zero-order valence-electron chi connectivity index (χ0n) is 18.5. The molecule has 0 aliphatic heterocycles. The maximum Gasteiger partial charge on any atom is 0.313 e. The Kier molecular flexibility index (Phi) is 15.8. The molecule has 0 spiro atoms. The van der Waals surface area contributed by atoms with Crippen LogP contribution >= 0.6 is 0 Å². The number of ketones is 1. The number of methoxy groups -OCH3 is 1. The summed E-state index contributed by atoms with van der Waals surface area (Å²) in [5.74, 6) is -1.39. The number of carbonyl (C=O) groups is 3. The van der Waals surface area contributed by atoms with Gasteiger partial charge in [-0.1, -0.05) is 41.5 Å². The smallest absolute Gasteiger partial charge is 0.313 e. The number of aliphatic carboxylic acids is 1. The number of nitrogens with one attached hydrogen (secondary N) is 2. The van der Waals surface area contributed by atoms with E-state index >= 15 is 0 Å². The minimum atomic E-state index is -0.833. The second kappa shape index (κ2) is 14.9. The van der Waals surface area contributed by atoms with Crippen LogP contribution in [0.15, 0.2) is 17.2 Å². The number of carboxylic acids is 1. The van der Waals surface area contributed by atoms with Gasteiger partial charge in [0.15, 0.2) is 0 Å². The van der Waals surface area contributed by atoms with Crippen LogP contribution in [0.2, 0.25) is 0 Å². The van der Waals surface area contributed by atoms with E-state index in [9.17, 15) is 14.4 Å². The monoisotopic (exact) mass is 414 g/mol. The number of aromatic amines is 1. The van der Waals surface area contributed by atoms with E-state index in [1.807, 2.05) is 20.8 Å². The van der Waals surface area contributed by atoms with Crippen LogP contribution in [0, 0.1) is 10.8 Å². The first-order chi connectivity index (χ1) is 13.0. The van der Waals surface area contributed by atoms with Crippen molar-refractivity contribution in [3.05, 3.63) is 28.4 Å². The highest BCUT2D eigenvalue weighted by Gasteiger charge is 2.23. The summed E-state index contributed by atoms with van der Waals surface area (Å²) in [5.41, 5.74) is 4.62. The number of carboxylic acid groups (broad SMARTS) is 1. The van der Waals surface area contributed by atoms with E-state index in [1.54, 1.807) is 20.8 Å². The maximum absolute atomic E-state index is 11.1. The molecule has 10 nitrogen and oxygen atoms in total. The first kappa shape index (κ1) is 30.7. The van der Waals surface area contributed by atoms with Crippen LogP contribution in [0.4, 0.5) is 0 Å². The van der Waals surface area contributed by atoms with Gasteiger partial charge in [0, 0.05) is 23.8 Å². The van der Waals surface area contributed by atoms with E-state index in [0.717, 1.165) is 19.0 Å². The summed E-state index contributed by atoms with van der Waals surface area (Å²) < 4.78 is 4.36. The highest BCUT2D eigenvalue weighted by Crippen LogP contribution is 2.17. The van der Waals surface area contributed by atoms with Gasteiger partial charge < -0.3 is 20.6 Å². The summed E-state index contributed by atoms with van der Waals surface area (Å²) in [5, 5.41) is 13.3. The Morgan fingerprint density at radius 1 is 1.24 bits per heavy atom. The number of hydrogen-bond acceptors (Lipinski definition) is 7. The van der Waals surface area contributed by atoms with Crippen LogP contribution in [0.5, 0.6) is 0 Å². The van der Waals surface area contributed by atoms with Crippen molar-refractivity contribution < 1.29 is 24.2 Å². The molecule has 0 aliphatic carbocycles. The van der Waals surface area contributed by atoms with Gasteiger partial charge in [0.25, 0.3) is 11.5 Å². The molecule has 0 radical (unpaired) electrons. The van der Waals surface area contributed by atoms with Gasteiger partial charge in [-0.05, 0) is 0 Å². The Balaban J connectivity index is -0.000000355. The van der Waals surface area contributed by atoms with Crippen molar-refractivity contribution in [1.82, 2.24) is 9.97 Å². The van der Waals surface area contributed by atoms with Gasteiger partial charge in [-0.15, -0.1) is 0 Å². The van der Waals surface area contributed by atoms with Crippen molar-refractivity contribution in [3.8, 4) is 0 Å². The first-order valence-corrected chi connectivity index (χ1v) is 8.58. The number of nitrogens with zero attached hydrogens (tertiary/aromatic N) is 1. The van der Waals surface area contributed by atoms with Crippen LogP contribution in [-0.2, 0) is 24.5 Å².